The Morgan fingerprint density at radius 1 is 1.12 bits per heavy atom. The summed E-state index contributed by atoms with van der Waals surface area (Å²) < 4.78 is 0. The van der Waals surface area contributed by atoms with Gasteiger partial charge in [0.25, 0.3) is 0 Å². The van der Waals surface area contributed by atoms with Gasteiger partial charge in [-0.05, 0) is 55.8 Å². The third-order valence-electron chi connectivity index (χ3n) is 5.60. The topological polar surface area (TPSA) is 37.3 Å². The SMILES string of the molecule is CC1CCC(C(=O)O)(C2CCC(C)C(C)C2)C1. The highest BCUT2D eigenvalue weighted by Gasteiger charge is 2.50. The minimum absolute atomic E-state index is 0.381. The first kappa shape index (κ1) is 12.9. The van der Waals surface area contributed by atoms with Crippen molar-refractivity contribution in [2.45, 2.75) is 59.3 Å². The van der Waals surface area contributed by atoms with Gasteiger partial charge in [0, 0.05) is 0 Å². The van der Waals surface area contributed by atoms with E-state index in [1.807, 2.05) is 0 Å². The average molecular weight is 238 g/mol. The first-order valence-corrected chi connectivity index (χ1v) is 7.19. The second kappa shape index (κ2) is 4.62. The van der Waals surface area contributed by atoms with Crippen molar-refractivity contribution in [2.24, 2.45) is 29.1 Å². The number of rotatable bonds is 2. The maximum absolute atomic E-state index is 11.8. The fourth-order valence-corrected chi connectivity index (χ4v) is 4.12. The van der Waals surface area contributed by atoms with Crippen LogP contribution in [0.5, 0.6) is 0 Å². The fourth-order valence-electron chi connectivity index (χ4n) is 4.12. The Morgan fingerprint density at radius 3 is 2.29 bits per heavy atom. The van der Waals surface area contributed by atoms with Crippen LogP contribution in [0.15, 0.2) is 0 Å². The molecule has 2 fully saturated rings. The molecule has 0 aromatic carbocycles. The van der Waals surface area contributed by atoms with Crippen LogP contribution in [0.25, 0.3) is 0 Å². The molecule has 0 saturated heterocycles. The van der Waals surface area contributed by atoms with Gasteiger partial charge in [0.05, 0.1) is 5.41 Å². The van der Waals surface area contributed by atoms with E-state index in [4.69, 9.17) is 0 Å². The summed E-state index contributed by atoms with van der Waals surface area (Å²) in [5, 5.41) is 9.69. The first-order chi connectivity index (χ1) is 7.95. The standard InChI is InChI=1S/C15H26O2/c1-10-6-7-15(9-10,14(16)17)13-5-4-11(2)12(3)8-13/h10-13H,4-9H2,1-3H3,(H,16,17). The third-order valence-corrected chi connectivity index (χ3v) is 5.60. The van der Waals surface area contributed by atoms with Crippen LogP contribution in [0.1, 0.15) is 59.3 Å². The highest BCUT2D eigenvalue weighted by Crippen LogP contribution is 2.53. The molecule has 0 bridgehead atoms. The van der Waals surface area contributed by atoms with Crippen molar-refractivity contribution in [1.29, 1.82) is 0 Å². The van der Waals surface area contributed by atoms with E-state index < -0.39 is 5.97 Å². The number of carboxylic acids is 1. The van der Waals surface area contributed by atoms with E-state index in [-0.39, 0.29) is 5.41 Å². The van der Waals surface area contributed by atoms with Crippen molar-refractivity contribution < 1.29 is 9.90 Å². The Balaban J connectivity index is 2.15. The van der Waals surface area contributed by atoms with Crippen molar-refractivity contribution in [3.8, 4) is 0 Å². The summed E-state index contributed by atoms with van der Waals surface area (Å²) in [5.74, 6) is 1.97. The number of hydrogen-bond donors (Lipinski definition) is 1. The molecule has 98 valence electrons. The van der Waals surface area contributed by atoms with Gasteiger partial charge < -0.3 is 5.11 Å². The summed E-state index contributed by atoms with van der Waals surface area (Å²) in [6.45, 7) is 6.82. The van der Waals surface area contributed by atoms with Crippen LogP contribution in [-0.4, -0.2) is 11.1 Å². The molecule has 5 atom stereocenters. The van der Waals surface area contributed by atoms with Crippen LogP contribution in [0, 0.1) is 29.1 Å². The number of aliphatic carboxylic acids is 1. The second-order valence-electron chi connectivity index (χ2n) is 6.77. The molecule has 5 unspecified atom stereocenters. The minimum atomic E-state index is -0.520. The summed E-state index contributed by atoms with van der Waals surface area (Å²) in [7, 11) is 0. The van der Waals surface area contributed by atoms with Gasteiger partial charge in [-0.2, -0.15) is 0 Å². The molecule has 2 heteroatoms. The average Bonchev–Trinajstić information content (AvgIpc) is 2.66. The molecule has 0 spiro atoms. The van der Waals surface area contributed by atoms with E-state index in [1.165, 1.54) is 6.42 Å². The zero-order valence-electron chi connectivity index (χ0n) is 11.4. The molecule has 2 aliphatic rings. The molecular formula is C15H26O2. The number of carboxylic acid groups (broad SMARTS) is 1. The first-order valence-electron chi connectivity index (χ1n) is 7.19. The summed E-state index contributed by atoms with van der Waals surface area (Å²) in [4.78, 5) is 11.8. The van der Waals surface area contributed by atoms with E-state index in [9.17, 15) is 9.90 Å². The zero-order chi connectivity index (χ0) is 12.6. The molecule has 2 rings (SSSR count). The molecule has 17 heavy (non-hydrogen) atoms. The molecule has 0 aromatic rings. The van der Waals surface area contributed by atoms with Gasteiger partial charge in [-0.25, -0.2) is 0 Å². The largest absolute Gasteiger partial charge is 0.481 e. The minimum Gasteiger partial charge on any atom is -0.481 e. The monoisotopic (exact) mass is 238 g/mol. The predicted octanol–water partition coefficient (Wildman–Crippen LogP) is 3.95. The Kier molecular flexibility index (Phi) is 3.51. The highest BCUT2D eigenvalue weighted by atomic mass is 16.4. The van der Waals surface area contributed by atoms with E-state index in [0.717, 1.165) is 38.0 Å². The Hall–Kier alpha value is -0.530. The van der Waals surface area contributed by atoms with E-state index in [1.54, 1.807) is 0 Å². The lowest BCUT2D eigenvalue weighted by Crippen LogP contribution is -2.40. The molecule has 1 N–H and O–H groups in total. The zero-order valence-corrected chi connectivity index (χ0v) is 11.4. The smallest absolute Gasteiger partial charge is 0.309 e. The molecule has 0 radical (unpaired) electrons. The fraction of sp³-hybridized carbons (Fsp3) is 0.933. The molecule has 2 nitrogen and oxygen atoms in total. The molecule has 0 heterocycles. The molecule has 0 aromatic heterocycles. The third kappa shape index (κ3) is 2.23. The summed E-state index contributed by atoms with van der Waals surface area (Å²) in [6, 6.07) is 0. The number of hydrogen-bond acceptors (Lipinski definition) is 1. The Labute approximate surface area is 105 Å². The maximum Gasteiger partial charge on any atom is 0.309 e. The van der Waals surface area contributed by atoms with Crippen LogP contribution < -0.4 is 0 Å². The highest BCUT2D eigenvalue weighted by molar-refractivity contribution is 5.75. The lowest BCUT2D eigenvalue weighted by molar-refractivity contribution is -0.154. The van der Waals surface area contributed by atoms with Crippen molar-refractivity contribution in [2.75, 3.05) is 0 Å². The van der Waals surface area contributed by atoms with Crippen LogP contribution >= 0.6 is 0 Å². The second-order valence-corrected chi connectivity index (χ2v) is 6.77. The van der Waals surface area contributed by atoms with Crippen LogP contribution in [0.3, 0.4) is 0 Å². The van der Waals surface area contributed by atoms with Crippen LogP contribution in [-0.2, 0) is 4.79 Å². The molecule has 0 aliphatic heterocycles. The molecular weight excluding hydrogens is 212 g/mol. The summed E-state index contributed by atoms with van der Waals surface area (Å²) in [5.41, 5.74) is -0.381. The van der Waals surface area contributed by atoms with Gasteiger partial charge in [-0.15, -0.1) is 0 Å². The molecule has 2 aliphatic carbocycles. The van der Waals surface area contributed by atoms with Gasteiger partial charge >= 0.3 is 5.97 Å². The Bertz CT molecular complexity index is 299. The Morgan fingerprint density at radius 2 is 1.82 bits per heavy atom. The van der Waals surface area contributed by atoms with E-state index >= 15 is 0 Å². The van der Waals surface area contributed by atoms with Gasteiger partial charge in [0.15, 0.2) is 0 Å². The molecule has 0 amide bonds. The van der Waals surface area contributed by atoms with Gasteiger partial charge in [-0.3, -0.25) is 4.79 Å². The summed E-state index contributed by atoms with van der Waals surface area (Å²) >= 11 is 0. The van der Waals surface area contributed by atoms with Crippen molar-refractivity contribution in [1.82, 2.24) is 0 Å². The van der Waals surface area contributed by atoms with Crippen LogP contribution in [0.2, 0.25) is 0 Å². The lowest BCUT2D eigenvalue weighted by atomic mass is 9.63. The maximum atomic E-state index is 11.8. The summed E-state index contributed by atoms with van der Waals surface area (Å²) in [6.07, 6.45) is 6.40. The quantitative estimate of drug-likeness (QED) is 0.791. The lowest BCUT2D eigenvalue weighted by Gasteiger charge is -2.41. The van der Waals surface area contributed by atoms with Crippen molar-refractivity contribution >= 4 is 5.97 Å². The van der Waals surface area contributed by atoms with Gasteiger partial charge in [0.1, 0.15) is 0 Å². The van der Waals surface area contributed by atoms with E-state index in [2.05, 4.69) is 20.8 Å². The van der Waals surface area contributed by atoms with Gasteiger partial charge in [0.2, 0.25) is 0 Å². The van der Waals surface area contributed by atoms with Gasteiger partial charge in [-0.1, -0.05) is 27.2 Å². The normalized spacial score (nSPS) is 47.0. The van der Waals surface area contributed by atoms with Crippen molar-refractivity contribution in [3.63, 3.8) is 0 Å². The molecule has 2 saturated carbocycles. The van der Waals surface area contributed by atoms with Crippen LogP contribution in [0.4, 0.5) is 0 Å². The predicted molar refractivity (Wildman–Crippen MR) is 68.8 cm³/mol. The van der Waals surface area contributed by atoms with E-state index in [0.29, 0.717) is 17.8 Å². The number of carbonyl (C=O) groups is 1. The van der Waals surface area contributed by atoms with Crippen molar-refractivity contribution in [3.05, 3.63) is 0 Å².